The standard InChI is InChI=1S/C21H16N2O3/c1-25-16-7-4-5-14(11-16)13-22-23-21(24)20-12-18-17-8-3-2-6-15(17)9-10-19(18)26-20/h2-13H,1H3,(H,23,24)/b22-13-. The molecule has 1 aromatic heterocycles. The Balaban J connectivity index is 1.56. The number of nitrogens with one attached hydrogen (secondary N) is 1. The number of ether oxygens (including phenoxy) is 1. The first-order chi connectivity index (χ1) is 12.7. The monoisotopic (exact) mass is 344 g/mol. The van der Waals surface area contributed by atoms with Crippen LogP contribution in [0.5, 0.6) is 5.75 Å². The van der Waals surface area contributed by atoms with Crippen LogP contribution in [0.4, 0.5) is 0 Å². The SMILES string of the molecule is COc1cccc(/C=N\NC(=O)c2cc3c(ccc4ccccc43)o2)c1. The van der Waals surface area contributed by atoms with Gasteiger partial charge in [0.15, 0.2) is 5.76 Å². The van der Waals surface area contributed by atoms with Crippen LogP contribution in [0.1, 0.15) is 16.1 Å². The molecule has 1 N–H and O–H groups in total. The lowest BCUT2D eigenvalue weighted by atomic mass is 10.1. The molecule has 0 aliphatic carbocycles. The summed E-state index contributed by atoms with van der Waals surface area (Å²) in [5.74, 6) is 0.549. The maximum atomic E-state index is 12.3. The van der Waals surface area contributed by atoms with Gasteiger partial charge in [0.1, 0.15) is 11.3 Å². The Morgan fingerprint density at radius 2 is 1.92 bits per heavy atom. The van der Waals surface area contributed by atoms with Crippen LogP contribution in [0.25, 0.3) is 21.7 Å². The van der Waals surface area contributed by atoms with Crippen LogP contribution in [-0.4, -0.2) is 19.2 Å². The lowest BCUT2D eigenvalue weighted by molar-refractivity contribution is 0.0929. The summed E-state index contributed by atoms with van der Waals surface area (Å²) in [6.45, 7) is 0. The maximum absolute atomic E-state index is 12.3. The average molecular weight is 344 g/mol. The number of hydrazone groups is 1. The van der Waals surface area contributed by atoms with Gasteiger partial charge >= 0.3 is 5.91 Å². The molecule has 4 aromatic rings. The molecule has 0 aliphatic heterocycles. The van der Waals surface area contributed by atoms with E-state index in [9.17, 15) is 4.79 Å². The summed E-state index contributed by atoms with van der Waals surface area (Å²) in [5.41, 5.74) is 3.98. The van der Waals surface area contributed by atoms with E-state index < -0.39 is 5.91 Å². The van der Waals surface area contributed by atoms with Crippen LogP contribution >= 0.6 is 0 Å². The Bertz CT molecular complexity index is 1130. The molecule has 0 saturated heterocycles. The number of methoxy groups -OCH3 is 1. The number of furan rings is 1. The van der Waals surface area contributed by atoms with Gasteiger partial charge < -0.3 is 9.15 Å². The van der Waals surface area contributed by atoms with Gasteiger partial charge in [0.05, 0.1) is 13.3 Å². The second-order valence-corrected chi connectivity index (χ2v) is 5.78. The Morgan fingerprint density at radius 1 is 1.04 bits per heavy atom. The number of carbonyl (C=O) groups excluding carboxylic acids is 1. The predicted octanol–water partition coefficient (Wildman–Crippen LogP) is 4.36. The summed E-state index contributed by atoms with van der Waals surface area (Å²) < 4.78 is 10.8. The normalized spacial score (nSPS) is 11.3. The highest BCUT2D eigenvalue weighted by atomic mass is 16.5. The number of hydrogen-bond donors (Lipinski definition) is 1. The molecule has 5 nitrogen and oxygen atoms in total. The van der Waals surface area contributed by atoms with E-state index in [4.69, 9.17) is 9.15 Å². The smallest absolute Gasteiger partial charge is 0.307 e. The van der Waals surface area contributed by atoms with Crippen molar-refractivity contribution in [3.8, 4) is 5.75 Å². The van der Waals surface area contributed by atoms with Crippen LogP contribution < -0.4 is 10.2 Å². The van der Waals surface area contributed by atoms with Crippen molar-refractivity contribution in [2.75, 3.05) is 7.11 Å². The molecule has 4 rings (SSSR count). The summed E-state index contributed by atoms with van der Waals surface area (Å²) in [6, 6.07) is 21.0. The number of carbonyl (C=O) groups is 1. The number of amides is 1. The van der Waals surface area contributed by atoms with Crippen molar-refractivity contribution in [1.82, 2.24) is 5.43 Å². The van der Waals surface area contributed by atoms with Crippen molar-refractivity contribution in [2.24, 2.45) is 5.10 Å². The lowest BCUT2D eigenvalue weighted by Crippen LogP contribution is -2.16. The summed E-state index contributed by atoms with van der Waals surface area (Å²) in [6.07, 6.45) is 1.55. The fourth-order valence-electron chi connectivity index (χ4n) is 2.85. The molecule has 0 saturated carbocycles. The van der Waals surface area contributed by atoms with Crippen LogP contribution in [0.3, 0.4) is 0 Å². The van der Waals surface area contributed by atoms with Gasteiger partial charge in [-0.3, -0.25) is 4.79 Å². The zero-order chi connectivity index (χ0) is 17.9. The van der Waals surface area contributed by atoms with Crippen molar-refractivity contribution in [3.05, 3.63) is 78.1 Å². The molecule has 128 valence electrons. The van der Waals surface area contributed by atoms with E-state index in [1.165, 1.54) is 0 Å². The third-order valence-electron chi connectivity index (χ3n) is 4.12. The van der Waals surface area contributed by atoms with Gasteiger partial charge in [0, 0.05) is 5.39 Å². The van der Waals surface area contributed by atoms with E-state index in [0.29, 0.717) is 5.58 Å². The largest absolute Gasteiger partial charge is 0.497 e. The van der Waals surface area contributed by atoms with E-state index in [0.717, 1.165) is 27.5 Å². The fourth-order valence-corrected chi connectivity index (χ4v) is 2.85. The Morgan fingerprint density at radius 3 is 2.81 bits per heavy atom. The van der Waals surface area contributed by atoms with Gasteiger partial charge in [-0.15, -0.1) is 0 Å². The van der Waals surface area contributed by atoms with E-state index in [2.05, 4.69) is 10.5 Å². The summed E-state index contributed by atoms with van der Waals surface area (Å²) in [4.78, 5) is 12.3. The van der Waals surface area contributed by atoms with Crippen molar-refractivity contribution < 1.29 is 13.9 Å². The van der Waals surface area contributed by atoms with Crippen molar-refractivity contribution in [1.29, 1.82) is 0 Å². The maximum Gasteiger partial charge on any atom is 0.307 e. The molecule has 3 aromatic carbocycles. The minimum atomic E-state index is -0.399. The first-order valence-electron chi connectivity index (χ1n) is 8.13. The predicted molar refractivity (Wildman–Crippen MR) is 102 cm³/mol. The van der Waals surface area contributed by atoms with Gasteiger partial charge in [-0.2, -0.15) is 5.10 Å². The van der Waals surface area contributed by atoms with Gasteiger partial charge in [-0.25, -0.2) is 5.43 Å². The van der Waals surface area contributed by atoms with Gasteiger partial charge in [0.2, 0.25) is 0 Å². The minimum absolute atomic E-state index is 0.221. The van der Waals surface area contributed by atoms with Crippen LogP contribution in [0.15, 0.2) is 76.2 Å². The van der Waals surface area contributed by atoms with E-state index in [-0.39, 0.29) is 5.76 Å². The zero-order valence-corrected chi connectivity index (χ0v) is 14.1. The number of hydrogen-bond acceptors (Lipinski definition) is 4. The number of fused-ring (bicyclic) bond motifs is 3. The minimum Gasteiger partial charge on any atom is -0.497 e. The fraction of sp³-hybridized carbons (Fsp3) is 0.0476. The lowest BCUT2D eigenvalue weighted by Gasteiger charge is -1.99. The number of rotatable bonds is 4. The Kier molecular flexibility index (Phi) is 4.11. The van der Waals surface area contributed by atoms with Gasteiger partial charge in [0.25, 0.3) is 0 Å². The molecule has 1 amide bonds. The molecule has 0 aliphatic rings. The molecule has 26 heavy (non-hydrogen) atoms. The molecule has 0 atom stereocenters. The van der Waals surface area contributed by atoms with Crippen molar-refractivity contribution >= 4 is 33.9 Å². The van der Waals surface area contributed by atoms with Crippen molar-refractivity contribution in [3.63, 3.8) is 0 Å². The second kappa shape index (κ2) is 6.72. The molecule has 1 heterocycles. The molecule has 0 spiro atoms. The third kappa shape index (κ3) is 3.02. The Labute approximate surface area is 149 Å². The molecular weight excluding hydrogens is 328 g/mol. The zero-order valence-electron chi connectivity index (χ0n) is 14.1. The molecule has 5 heteroatoms. The molecule has 0 bridgehead atoms. The summed E-state index contributed by atoms with van der Waals surface area (Å²) >= 11 is 0. The molecule has 0 fully saturated rings. The quantitative estimate of drug-likeness (QED) is 0.442. The third-order valence-corrected chi connectivity index (χ3v) is 4.12. The topological polar surface area (TPSA) is 63.8 Å². The molecule has 0 unspecified atom stereocenters. The van der Waals surface area contributed by atoms with E-state index in [1.807, 2.05) is 60.7 Å². The summed E-state index contributed by atoms with van der Waals surface area (Å²) in [5, 5.41) is 7.04. The number of benzene rings is 3. The van der Waals surface area contributed by atoms with Crippen LogP contribution in [0, 0.1) is 0 Å². The summed E-state index contributed by atoms with van der Waals surface area (Å²) in [7, 11) is 1.60. The van der Waals surface area contributed by atoms with Gasteiger partial charge in [-0.05, 0) is 40.6 Å². The number of nitrogens with zero attached hydrogens (tertiary/aromatic N) is 1. The Hall–Kier alpha value is -3.60. The van der Waals surface area contributed by atoms with Crippen LogP contribution in [0.2, 0.25) is 0 Å². The van der Waals surface area contributed by atoms with E-state index in [1.54, 1.807) is 19.4 Å². The highest BCUT2D eigenvalue weighted by Gasteiger charge is 2.13. The van der Waals surface area contributed by atoms with E-state index >= 15 is 0 Å². The highest BCUT2D eigenvalue weighted by Crippen LogP contribution is 2.28. The first-order valence-corrected chi connectivity index (χ1v) is 8.13. The second-order valence-electron chi connectivity index (χ2n) is 5.78. The molecular formula is C21H16N2O3. The average Bonchev–Trinajstić information content (AvgIpc) is 3.13. The van der Waals surface area contributed by atoms with Gasteiger partial charge in [-0.1, -0.05) is 42.5 Å². The highest BCUT2D eigenvalue weighted by molar-refractivity contribution is 6.08. The van der Waals surface area contributed by atoms with Crippen LogP contribution in [-0.2, 0) is 0 Å². The van der Waals surface area contributed by atoms with Crippen molar-refractivity contribution in [2.45, 2.75) is 0 Å². The first kappa shape index (κ1) is 15.9. The molecule has 0 radical (unpaired) electrons.